The summed E-state index contributed by atoms with van der Waals surface area (Å²) in [6.45, 7) is 18.0. The van der Waals surface area contributed by atoms with Crippen LogP contribution >= 0.6 is 0 Å². The molecule has 0 unspecified atom stereocenters. The average Bonchev–Trinajstić information content (AvgIpc) is 3.00. The van der Waals surface area contributed by atoms with Crippen LogP contribution in [-0.2, 0) is 14.0 Å². The second-order valence-corrected chi connectivity index (χ2v) is 15.4. The molecule has 0 N–H and O–H groups in total. The third-order valence-corrected chi connectivity index (χ3v) is 10.7. The van der Waals surface area contributed by atoms with Crippen LogP contribution in [0.4, 0.5) is 4.79 Å². The van der Waals surface area contributed by atoms with Gasteiger partial charge in [0.2, 0.25) is 5.91 Å². The Kier molecular flexibility index (Phi) is 6.08. The summed E-state index contributed by atoms with van der Waals surface area (Å²) in [6, 6.07) is -0.0106. The molecule has 2 heterocycles. The second kappa shape index (κ2) is 7.39. The smallest absolute Gasteiger partial charge is 0.410 e. The van der Waals surface area contributed by atoms with Gasteiger partial charge in [-0.3, -0.25) is 4.79 Å². The van der Waals surface area contributed by atoms with Crippen molar-refractivity contribution in [2.75, 3.05) is 20.1 Å². The molecule has 156 valence electrons. The van der Waals surface area contributed by atoms with Crippen LogP contribution in [0, 0.1) is 5.92 Å². The first-order chi connectivity index (χ1) is 12.1. The molecule has 0 spiro atoms. The standard InChI is InChI=1S/C20H38N2O4Si/c1-19(2,3)25-18(24)22-13-15(26-27(8,9)20(4,5)6)11-16(22)14-10-17(23)21(7)12-14/h14-16H,10-13H2,1-9H3/t14-,15+,16-/m0/s1. The highest BCUT2D eigenvalue weighted by atomic mass is 28.4. The normalized spacial score (nSPS) is 27.4. The van der Waals surface area contributed by atoms with Gasteiger partial charge in [0.15, 0.2) is 8.32 Å². The van der Waals surface area contributed by atoms with E-state index in [0.29, 0.717) is 19.5 Å². The Morgan fingerprint density at radius 3 is 2.15 bits per heavy atom. The molecule has 2 rings (SSSR count). The van der Waals surface area contributed by atoms with E-state index in [1.54, 1.807) is 4.90 Å². The van der Waals surface area contributed by atoms with Crippen molar-refractivity contribution in [3.05, 3.63) is 0 Å². The number of carbonyl (C=O) groups is 2. The number of likely N-dealkylation sites (tertiary alicyclic amines) is 2. The second-order valence-electron chi connectivity index (χ2n) is 10.7. The molecule has 3 atom stereocenters. The minimum absolute atomic E-state index is 0.00409. The topological polar surface area (TPSA) is 59.1 Å². The van der Waals surface area contributed by atoms with E-state index < -0.39 is 13.9 Å². The zero-order valence-electron chi connectivity index (χ0n) is 18.6. The molecule has 2 fully saturated rings. The lowest BCUT2D eigenvalue weighted by Crippen LogP contribution is -2.45. The fraction of sp³-hybridized carbons (Fsp3) is 0.900. The number of hydrogen-bond donors (Lipinski definition) is 0. The van der Waals surface area contributed by atoms with Crippen LogP contribution in [0.2, 0.25) is 18.1 Å². The Labute approximate surface area is 165 Å². The minimum atomic E-state index is -1.93. The molecule has 7 heteroatoms. The summed E-state index contributed by atoms with van der Waals surface area (Å²) in [7, 11) is -0.101. The van der Waals surface area contributed by atoms with Crippen LogP contribution in [0.1, 0.15) is 54.4 Å². The molecule has 0 aromatic heterocycles. The minimum Gasteiger partial charge on any atom is -0.444 e. The Morgan fingerprint density at radius 1 is 1.11 bits per heavy atom. The van der Waals surface area contributed by atoms with E-state index in [9.17, 15) is 9.59 Å². The summed E-state index contributed by atoms with van der Waals surface area (Å²) in [5, 5.41) is 0.116. The largest absolute Gasteiger partial charge is 0.444 e. The van der Waals surface area contributed by atoms with Crippen LogP contribution in [0.5, 0.6) is 0 Å². The van der Waals surface area contributed by atoms with Gasteiger partial charge in [0, 0.05) is 38.5 Å². The molecular weight excluding hydrogens is 360 g/mol. The summed E-state index contributed by atoms with van der Waals surface area (Å²) in [6.07, 6.45) is 0.977. The molecule has 0 aromatic carbocycles. The Morgan fingerprint density at radius 2 is 1.70 bits per heavy atom. The van der Waals surface area contributed by atoms with Gasteiger partial charge in [-0.25, -0.2) is 4.79 Å². The molecule has 0 bridgehead atoms. The maximum atomic E-state index is 12.9. The number of ether oxygens (including phenoxy) is 1. The first kappa shape index (κ1) is 22.2. The molecule has 0 aliphatic carbocycles. The van der Waals surface area contributed by atoms with Crippen LogP contribution in [-0.4, -0.2) is 68.0 Å². The van der Waals surface area contributed by atoms with Crippen LogP contribution in [0.15, 0.2) is 0 Å². The predicted octanol–water partition coefficient (Wildman–Crippen LogP) is 3.86. The van der Waals surface area contributed by atoms with E-state index in [1.807, 2.05) is 32.7 Å². The number of nitrogens with zero attached hydrogens (tertiary/aromatic N) is 2. The highest BCUT2D eigenvalue weighted by Crippen LogP contribution is 2.40. The van der Waals surface area contributed by atoms with Gasteiger partial charge in [0.25, 0.3) is 0 Å². The number of amides is 2. The van der Waals surface area contributed by atoms with Crippen LogP contribution in [0.3, 0.4) is 0 Å². The third kappa shape index (κ3) is 5.25. The summed E-state index contributed by atoms with van der Waals surface area (Å²) in [5.74, 6) is 0.293. The fourth-order valence-corrected chi connectivity index (χ4v) is 5.00. The van der Waals surface area contributed by atoms with Gasteiger partial charge < -0.3 is 19.0 Å². The summed E-state index contributed by atoms with van der Waals surface area (Å²) < 4.78 is 12.3. The van der Waals surface area contributed by atoms with Crippen molar-refractivity contribution < 1.29 is 18.8 Å². The summed E-state index contributed by atoms with van der Waals surface area (Å²) >= 11 is 0. The van der Waals surface area contributed by atoms with Gasteiger partial charge in [-0.05, 0) is 45.3 Å². The maximum absolute atomic E-state index is 12.9. The molecule has 2 amide bonds. The Bertz CT molecular complexity index is 580. The van der Waals surface area contributed by atoms with Crippen molar-refractivity contribution in [2.45, 2.75) is 90.3 Å². The van der Waals surface area contributed by atoms with E-state index in [0.717, 1.165) is 6.42 Å². The lowest BCUT2D eigenvalue weighted by molar-refractivity contribution is -0.126. The molecule has 0 radical (unpaired) electrons. The van der Waals surface area contributed by atoms with Gasteiger partial charge in [0.05, 0.1) is 6.10 Å². The monoisotopic (exact) mass is 398 g/mol. The van der Waals surface area contributed by atoms with Crippen molar-refractivity contribution in [2.24, 2.45) is 5.92 Å². The molecule has 2 aliphatic rings. The van der Waals surface area contributed by atoms with Gasteiger partial charge >= 0.3 is 6.09 Å². The Hall–Kier alpha value is -1.08. The number of rotatable bonds is 3. The molecule has 2 aliphatic heterocycles. The van der Waals surface area contributed by atoms with Gasteiger partial charge in [-0.15, -0.1) is 0 Å². The van der Waals surface area contributed by atoms with Gasteiger partial charge in [-0.2, -0.15) is 0 Å². The van der Waals surface area contributed by atoms with Crippen molar-refractivity contribution in [1.82, 2.24) is 9.80 Å². The van der Waals surface area contributed by atoms with Crippen LogP contribution < -0.4 is 0 Å². The van der Waals surface area contributed by atoms with Crippen LogP contribution in [0.25, 0.3) is 0 Å². The van der Waals surface area contributed by atoms with Gasteiger partial charge in [0.1, 0.15) is 5.60 Å². The first-order valence-electron chi connectivity index (χ1n) is 10.0. The maximum Gasteiger partial charge on any atom is 0.410 e. The molecular formula is C20H38N2O4Si. The molecule has 2 saturated heterocycles. The van der Waals surface area contributed by atoms with Crippen molar-refractivity contribution >= 4 is 20.3 Å². The van der Waals surface area contributed by atoms with Crippen molar-refractivity contribution in [3.63, 3.8) is 0 Å². The molecule has 27 heavy (non-hydrogen) atoms. The SMILES string of the molecule is CN1C[C@@H]([C@@H]2C[C@@H](O[Si](C)(C)C(C)(C)C)CN2C(=O)OC(C)(C)C)CC1=O. The lowest BCUT2D eigenvalue weighted by Gasteiger charge is -2.38. The molecule has 0 saturated carbocycles. The lowest BCUT2D eigenvalue weighted by atomic mass is 9.96. The van der Waals surface area contributed by atoms with E-state index in [2.05, 4.69) is 33.9 Å². The fourth-order valence-electron chi connectivity index (χ4n) is 3.64. The predicted molar refractivity (Wildman–Crippen MR) is 109 cm³/mol. The third-order valence-electron chi connectivity index (χ3n) is 6.12. The van der Waals surface area contributed by atoms with E-state index in [1.165, 1.54) is 0 Å². The quantitative estimate of drug-likeness (QED) is 0.677. The van der Waals surface area contributed by atoms with Crippen molar-refractivity contribution in [1.29, 1.82) is 0 Å². The Balaban J connectivity index is 2.18. The zero-order chi connectivity index (χ0) is 20.8. The number of hydrogen-bond acceptors (Lipinski definition) is 4. The first-order valence-corrected chi connectivity index (χ1v) is 12.9. The zero-order valence-corrected chi connectivity index (χ0v) is 19.6. The van der Waals surface area contributed by atoms with Gasteiger partial charge in [-0.1, -0.05) is 20.8 Å². The molecule has 0 aromatic rings. The van der Waals surface area contributed by atoms with E-state index in [4.69, 9.17) is 9.16 Å². The summed E-state index contributed by atoms with van der Waals surface area (Å²) in [4.78, 5) is 28.5. The highest BCUT2D eigenvalue weighted by molar-refractivity contribution is 6.74. The summed E-state index contributed by atoms with van der Waals surface area (Å²) in [5.41, 5.74) is -0.539. The van der Waals surface area contributed by atoms with E-state index in [-0.39, 0.29) is 35.1 Å². The number of carbonyl (C=O) groups excluding carboxylic acids is 2. The highest BCUT2D eigenvalue weighted by Gasteiger charge is 2.48. The van der Waals surface area contributed by atoms with E-state index >= 15 is 0 Å². The molecule has 6 nitrogen and oxygen atoms in total. The van der Waals surface area contributed by atoms with Crippen molar-refractivity contribution in [3.8, 4) is 0 Å². The average molecular weight is 399 g/mol.